The number of hydrogen-bond acceptors (Lipinski definition) is 1. The van der Waals surface area contributed by atoms with Crippen LogP contribution in [-0.4, -0.2) is 28.7 Å². The van der Waals surface area contributed by atoms with Crippen LogP contribution in [0.15, 0.2) is 22.7 Å². The molecule has 0 aliphatic heterocycles. The van der Waals surface area contributed by atoms with E-state index in [4.69, 9.17) is 0 Å². The van der Waals surface area contributed by atoms with E-state index in [2.05, 4.69) is 31.9 Å². The molecule has 1 aromatic carbocycles. The fraction of sp³-hybridized carbons (Fsp3) is 0.500. The standard InChI is InChI=1S/C14H16Br2F3NO/c1-9(2)20(7-3-6-15)13(21)11-8-10(14(17,18)19)4-5-12(11)16/h4-5,8-9H,3,6-7H2,1-2H3. The first-order valence-corrected chi connectivity index (χ1v) is 8.33. The van der Waals surface area contributed by atoms with Crippen LogP contribution in [0, 0.1) is 0 Å². The van der Waals surface area contributed by atoms with E-state index < -0.39 is 17.6 Å². The van der Waals surface area contributed by atoms with Crippen LogP contribution in [0.2, 0.25) is 0 Å². The van der Waals surface area contributed by atoms with Crippen LogP contribution in [0.4, 0.5) is 13.2 Å². The molecule has 0 saturated carbocycles. The van der Waals surface area contributed by atoms with Crippen molar-refractivity contribution >= 4 is 37.8 Å². The van der Waals surface area contributed by atoms with Gasteiger partial charge in [0.1, 0.15) is 0 Å². The minimum atomic E-state index is -4.46. The Labute approximate surface area is 139 Å². The summed E-state index contributed by atoms with van der Waals surface area (Å²) in [6, 6.07) is 3.03. The molecule has 0 spiro atoms. The van der Waals surface area contributed by atoms with Crippen molar-refractivity contribution in [2.24, 2.45) is 0 Å². The van der Waals surface area contributed by atoms with Gasteiger partial charge in [-0.05, 0) is 54.4 Å². The molecule has 0 aliphatic carbocycles. The normalized spacial score (nSPS) is 11.8. The highest BCUT2D eigenvalue weighted by atomic mass is 79.9. The maximum Gasteiger partial charge on any atom is 0.416 e. The minimum absolute atomic E-state index is 0.0353. The molecule has 0 unspecified atom stereocenters. The highest BCUT2D eigenvalue weighted by Crippen LogP contribution is 2.32. The third-order valence-electron chi connectivity index (χ3n) is 2.94. The average Bonchev–Trinajstić information content (AvgIpc) is 2.37. The predicted octanol–water partition coefficient (Wildman–Crippen LogP) is 5.10. The summed E-state index contributed by atoms with van der Waals surface area (Å²) in [5.41, 5.74) is -0.786. The van der Waals surface area contributed by atoms with Crippen LogP contribution in [0.3, 0.4) is 0 Å². The lowest BCUT2D eigenvalue weighted by Crippen LogP contribution is -2.38. The van der Waals surface area contributed by atoms with Gasteiger partial charge < -0.3 is 4.90 Å². The number of carbonyl (C=O) groups excluding carboxylic acids is 1. The monoisotopic (exact) mass is 429 g/mol. The topological polar surface area (TPSA) is 20.3 Å². The Balaban J connectivity index is 3.15. The van der Waals surface area contributed by atoms with Crippen molar-refractivity contribution in [1.82, 2.24) is 4.90 Å². The zero-order chi connectivity index (χ0) is 16.2. The van der Waals surface area contributed by atoms with Crippen molar-refractivity contribution in [3.8, 4) is 0 Å². The number of hydrogen-bond donors (Lipinski definition) is 0. The zero-order valence-electron chi connectivity index (χ0n) is 11.7. The molecule has 0 fully saturated rings. The summed E-state index contributed by atoms with van der Waals surface area (Å²) in [6.07, 6.45) is -3.73. The third kappa shape index (κ3) is 4.98. The van der Waals surface area contributed by atoms with Gasteiger partial charge in [0.2, 0.25) is 0 Å². The molecule has 0 atom stereocenters. The summed E-state index contributed by atoms with van der Waals surface area (Å²) < 4.78 is 38.7. The molecule has 7 heteroatoms. The number of halogens is 5. The van der Waals surface area contributed by atoms with Crippen LogP contribution in [0.5, 0.6) is 0 Å². The zero-order valence-corrected chi connectivity index (χ0v) is 14.8. The number of nitrogens with zero attached hydrogens (tertiary/aromatic N) is 1. The maximum atomic E-state index is 12.8. The van der Waals surface area contributed by atoms with Gasteiger partial charge in [0.05, 0.1) is 11.1 Å². The van der Waals surface area contributed by atoms with Gasteiger partial charge in [0.15, 0.2) is 0 Å². The second-order valence-corrected chi connectivity index (χ2v) is 6.47. The van der Waals surface area contributed by atoms with Gasteiger partial charge in [-0.15, -0.1) is 0 Å². The SMILES string of the molecule is CC(C)N(CCCBr)C(=O)c1cc(C(F)(F)F)ccc1Br. The lowest BCUT2D eigenvalue weighted by atomic mass is 10.1. The van der Waals surface area contributed by atoms with Crippen LogP contribution in [0.1, 0.15) is 36.2 Å². The summed E-state index contributed by atoms with van der Waals surface area (Å²) in [6.45, 7) is 4.17. The summed E-state index contributed by atoms with van der Waals surface area (Å²) >= 11 is 6.45. The Morgan fingerprint density at radius 1 is 1.33 bits per heavy atom. The van der Waals surface area contributed by atoms with Crippen molar-refractivity contribution in [3.63, 3.8) is 0 Å². The van der Waals surface area contributed by atoms with Crippen molar-refractivity contribution in [1.29, 1.82) is 0 Å². The van der Waals surface area contributed by atoms with E-state index in [0.717, 1.165) is 23.9 Å². The van der Waals surface area contributed by atoms with Crippen LogP contribution >= 0.6 is 31.9 Å². The van der Waals surface area contributed by atoms with Crippen LogP contribution in [-0.2, 0) is 6.18 Å². The summed E-state index contributed by atoms with van der Waals surface area (Å²) in [5.74, 6) is -0.399. The van der Waals surface area contributed by atoms with E-state index in [1.165, 1.54) is 6.07 Å². The smallest absolute Gasteiger partial charge is 0.336 e. The fourth-order valence-corrected chi connectivity index (χ4v) is 2.51. The lowest BCUT2D eigenvalue weighted by molar-refractivity contribution is -0.137. The van der Waals surface area contributed by atoms with E-state index in [1.54, 1.807) is 4.90 Å². The molecule has 0 bridgehead atoms. The Bertz CT molecular complexity index is 503. The molecule has 0 radical (unpaired) electrons. The van der Waals surface area contributed by atoms with Crippen molar-refractivity contribution < 1.29 is 18.0 Å². The van der Waals surface area contributed by atoms with Gasteiger partial charge in [-0.1, -0.05) is 15.9 Å². The van der Waals surface area contributed by atoms with E-state index in [9.17, 15) is 18.0 Å². The molecule has 2 nitrogen and oxygen atoms in total. The largest absolute Gasteiger partial charge is 0.416 e. The number of benzene rings is 1. The van der Waals surface area contributed by atoms with Crippen LogP contribution in [0.25, 0.3) is 0 Å². The highest BCUT2D eigenvalue weighted by molar-refractivity contribution is 9.10. The Morgan fingerprint density at radius 3 is 2.43 bits per heavy atom. The van der Waals surface area contributed by atoms with Gasteiger partial charge in [-0.3, -0.25) is 4.79 Å². The minimum Gasteiger partial charge on any atom is -0.336 e. The first kappa shape index (κ1) is 18.5. The lowest BCUT2D eigenvalue weighted by Gasteiger charge is -2.27. The first-order valence-electron chi connectivity index (χ1n) is 6.42. The second kappa shape index (κ2) is 7.63. The van der Waals surface area contributed by atoms with Gasteiger partial charge in [0, 0.05) is 22.4 Å². The first-order chi connectivity index (χ1) is 9.68. The molecule has 0 aromatic heterocycles. The number of rotatable bonds is 5. The number of alkyl halides is 4. The fourth-order valence-electron chi connectivity index (χ4n) is 1.84. The van der Waals surface area contributed by atoms with Gasteiger partial charge in [0.25, 0.3) is 5.91 Å². The molecule has 1 amide bonds. The molecule has 0 aliphatic rings. The van der Waals surface area contributed by atoms with E-state index in [-0.39, 0.29) is 11.6 Å². The molecular weight excluding hydrogens is 415 g/mol. The van der Waals surface area contributed by atoms with E-state index in [0.29, 0.717) is 11.0 Å². The van der Waals surface area contributed by atoms with E-state index in [1.807, 2.05) is 13.8 Å². The Kier molecular flexibility index (Phi) is 6.71. The van der Waals surface area contributed by atoms with Gasteiger partial charge >= 0.3 is 6.18 Å². The Morgan fingerprint density at radius 2 is 1.95 bits per heavy atom. The second-order valence-electron chi connectivity index (χ2n) is 4.83. The quantitative estimate of drug-likeness (QED) is 0.595. The molecule has 0 heterocycles. The van der Waals surface area contributed by atoms with Crippen LogP contribution < -0.4 is 0 Å². The third-order valence-corrected chi connectivity index (χ3v) is 4.19. The van der Waals surface area contributed by atoms with Crippen molar-refractivity contribution in [2.45, 2.75) is 32.5 Å². The number of amides is 1. The van der Waals surface area contributed by atoms with Crippen molar-refractivity contribution in [2.75, 3.05) is 11.9 Å². The predicted molar refractivity (Wildman–Crippen MR) is 83.7 cm³/mol. The van der Waals surface area contributed by atoms with Gasteiger partial charge in [-0.25, -0.2) is 0 Å². The summed E-state index contributed by atoms with van der Waals surface area (Å²) in [4.78, 5) is 14.1. The molecule has 1 aromatic rings. The van der Waals surface area contributed by atoms with Crippen molar-refractivity contribution in [3.05, 3.63) is 33.8 Å². The van der Waals surface area contributed by atoms with Gasteiger partial charge in [-0.2, -0.15) is 13.2 Å². The summed E-state index contributed by atoms with van der Waals surface area (Å²) in [5, 5.41) is 0.729. The molecule has 0 N–H and O–H groups in total. The molecular formula is C14H16Br2F3NO. The van der Waals surface area contributed by atoms with E-state index >= 15 is 0 Å². The average molecular weight is 431 g/mol. The number of carbonyl (C=O) groups is 1. The highest BCUT2D eigenvalue weighted by Gasteiger charge is 2.32. The molecule has 21 heavy (non-hydrogen) atoms. The molecule has 0 saturated heterocycles. The molecule has 118 valence electrons. The summed E-state index contributed by atoms with van der Waals surface area (Å²) in [7, 11) is 0. The molecule has 1 rings (SSSR count). The maximum absolute atomic E-state index is 12.8. The Hall–Kier alpha value is -0.560.